The van der Waals surface area contributed by atoms with Crippen molar-refractivity contribution in [2.45, 2.75) is 12.1 Å². The monoisotopic (exact) mass is 222 g/mol. The largest absolute Gasteiger partial charge is 0.481 e. The van der Waals surface area contributed by atoms with E-state index in [1.807, 2.05) is 0 Å². The summed E-state index contributed by atoms with van der Waals surface area (Å²) in [6.07, 6.45) is 2.75. The number of H-pyrrole nitrogens is 1. The smallest absolute Gasteiger partial charge is 0.330 e. The molecule has 0 unspecified atom stereocenters. The lowest BCUT2D eigenvalue weighted by atomic mass is 10.9. The number of imidazole rings is 1. The summed E-state index contributed by atoms with van der Waals surface area (Å²) in [7, 11) is -2.54. The van der Waals surface area contributed by atoms with Crippen LogP contribution in [0, 0.1) is 0 Å². The third-order valence-electron chi connectivity index (χ3n) is 0.929. The lowest BCUT2D eigenvalue weighted by molar-refractivity contribution is -0.134. The van der Waals surface area contributed by atoms with Crippen LogP contribution in [-0.2, 0) is 19.1 Å². The van der Waals surface area contributed by atoms with Gasteiger partial charge in [0.25, 0.3) is 11.1 Å². The van der Waals surface area contributed by atoms with Gasteiger partial charge in [0.15, 0.2) is 0 Å². The number of carboxylic acids is 1. The molecule has 0 aliphatic heterocycles. The van der Waals surface area contributed by atoms with Gasteiger partial charge in [0.05, 0.1) is 7.11 Å². The molecule has 0 atom stereocenters. The fourth-order valence-electron chi connectivity index (χ4n) is 0.466. The minimum atomic E-state index is -3.62. The van der Waals surface area contributed by atoms with Gasteiger partial charge in [-0.25, -0.2) is 4.98 Å². The molecule has 0 aromatic carbocycles. The van der Waals surface area contributed by atoms with Crippen molar-refractivity contribution in [3.05, 3.63) is 12.4 Å². The summed E-state index contributed by atoms with van der Waals surface area (Å²) in [5.74, 6) is -0.833. The Morgan fingerprint density at radius 3 is 2.43 bits per heavy atom. The van der Waals surface area contributed by atoms with Crippen molar-refractivity contribution in [1.29, 1.82) is 0 Å². The maximum absolute atomic E-state index is 10.7. The summed E-state index contributed by atoms with van der Waals surface area (Å²) < 4.78 is 25.7. The van der Waals surface area contributed by atoms with Gasteiger partial charge >= 0.3 is 10.1 Å². The van der Waals surface area contributed by atoms with E-state index in [0.717, 1.165) is 14.0 Å². The highest BCUT2D eigenvalue weighted by Gasteiger charge is 2.14. The Kier molecular flexibility index (Phi) is 4.81. The second-order valence-corrected chi connectivity index (χ2v) is 3.66. The van der Waals surface area contributed by atoms with Crippen LogP contribution in [0.3, 0.4) is 0 Å². The van der Waals surface area contributed by atoms with Gasteiger partial charge in [-0.3, -0.25) is 8.98 Å². The molecule has 0 radical (unpaired) electrons. The molecule has 8 heteroatoms. The topological polar surface area (TPSA) is 109 Å². The molecule has 0 saturated carbocycles. The van der Waals surface area contributed by atoms with Gasteiger partial charge in [-0.2, -0.15) is 8.42 Å². The van der Waals surface area contributed by atoms with E-state index < -0.39 is 16.1 Å². The third-order valence-corrected chi connectivity index (χ3v) is 2.07. The molecule has 0 aliphatic rings. The molecule has 2 N–H and O–H groups in total. The zero-order valence-electron chi connectivity index (χ0n) is 7.59. The highest BCUT2D eigenvalue weighted by Crippen LogP contribution is 2.01. The van der Waals surface area contributed by atoms with Crippen LogP contribution in [-0.4, -0.2) is 36.6 Å². The van der Waals surface area contributed by atoms with Gasteiger partial charge in [-0.1, -0.05) is 0 Å². The Labute approximate surface area is 80.9 Å². The molecule has 0 amide bonds. The molecular weight excluding hydrogens is 212 g/mol. The highest BCUT2D eigenvalue weighted by molar-refractivity contribution is 7.86. The predicted octanol–water partition coefficient (Wildman–Crippen LogP) is -0.164. The van der Waals surface area contributed by atoms with Gasteiger partial charge < -0.3 is 10.1 Å². The zero-order valence-corrected chi connectivity index (χ0v) is 8.41. The minimum absolute atomic E-state index is 0.171. The molecule has 7 nitrogen and oxygen atoms in total. The number of carbonyl (C=O) groups is 1. The van der Waals surface area contributed by atoms with Crippen molar-refractivity contribution in [2.75, 3.05) is 7.11 Å². The molecule has 0 saturated heterocycles. The number of hydrogen-bond acceptors (Lipinski definition) is 5. The van der Waals surface area contributed by atoms with Crippen LogP contribution in [0.4, 0.5) is 0 Å². The van der Waals surface area contributed by atoms with Crippen molar-refractivity contribution in [3.8, 4) is 0 Å². The van der Waals surface area contributed by atoms with E-state index in [4.69, 9.17) is 9.90 Å². The number of aromatic nitrogens is 2. The lowest BCUT2D eigenvalue weighted by Crippen LogP contribution is -2.04. The number of aromatic amines is 1. The average Bonchev–Trinajstić information content (AvgIpc) is 2.55. The van der Waals surface area contributed by atoms with Crippen LogP contribution in [0.25, 0.3) is 0 Å². The number of carboxylic acid groups (broad SMARTS) is 1. The second-order valence-electron chi connectivity index (χ2n) is 2.03. The van der Waals surface area contributed by atoms with Crippen LogP contribution in [0.1, 0.15) is 6.92 Å². The number of aliphatic carboxylic acids is 1. The first-order valence-electron chi connectivity index (χ1n) is 3.39. The Hall–Kier alpha value is -1.41. The Morgan fingerprint density at radius 2 is 2.14 bits per heavy atom. The van der Waals surface area contributed by atoms with Crippen molar-refractivity contribution < 1.29 is 22.5 Å². The van der Waals surface area contributed by atoms with E-state index in [9.17, 15) is 8.42 Å². The Bertz CT molecular complexity index is 365. The third kappa shape index (κ3) is 4.58. The Balaban J connectivity index is 0.000000364. The van der Waals surface area contributed by atoms with E-state index in [1.54, 1.807) is 0 Å². The van der Waals surface area contributed by atoms with E-state index in [0.29, 0.717) is 0 Å². The molecular formula is C6H10N2O5S. The molecule has 14 heavy (non-hydrogen) atoms. The summed E-state index contributed by atoms with van der Waals surface area (Å²) in [6, 6.07) is 0. The first-order valence-corrected chi connectivity index (χ1v) is 4.80. The maximum Gasteiger partial charge on any atom is 0.330 e. The van der Waals surface area contributed by atoms with Crippen LogP contribution >= 0.6 is 0 Å². The molecule has 0 aliphatic carbocycles. The first kappa shape index (κ1) is 12.6. The Morgan fingerprint density at radius 1 is 1.64 bits per heavy atom. The van der Waals surface area contributed by atoms with Crippen LogP contribution < -0.4 is 0 Å². The molecule has 0 bridgehead atoms. The predicted molar refractivity (Wildman–Crippen MR) is 46.1 cm³/mol. The molecule has 0 fully saturated rings. The van der Waals surface area contributed by atoms with E-state index in [2.05, 4.69) is 14.2 Å². The van der Waals surface area contributed by atoms with Crippen molar-refractivity contribution in [2.24, 2.45) is 0 Å². The maximum atomic E-state index is 10.7. The summed E-state index contributed by atoms with van der Waals surface area (Å²) in [5, 5.41) is 7.25. The minimum Gasteiger partial charge on any atom is -0.481 e. The summed E-state index contributed by atoms with van der Waals surface area (Å²) in [5.41, 5.74) is 0. The van der Waals surface area contributed by atoms with Gasteiger partial charge in [-0.05, 0) is 0 Å². The van der Waals surface area contributed by atoms with E-state index in [-0.39, 0.29) is 5.16 Å². The van der Waals surface area contributed by atoms with Crippen molar-refractivity contribution >= 4 is 16.1 Å². The van der Waals surface area contributed by atoms with Gasteiger partial charge in [-0.15, -0.1) is 0 Å². The first-order chi connectivity index (χ1) is 6.40. The quantitative estimate of drug-likeness (QED) is 0.672. The zero-order chi connectivity index (χ0) is 11.2. The lowest BCUT2D eigenvalue weighted by Gasteiger charge is -1.92. The molecule has 1 aromatic rings. The molecule has 1 aromatic heterocycles. The number of nitrogens with zero attached hydrogens (tertiary/aromatic N) is 1. The van der Waals surface area contributed by atoms with Gasteiger partial charge in [0.2, 0.25) is 0 Å². The fraction of sp³-hybridized carbons (Fsp3) is 0.333. The second kappa shape index (κ2) is 5.35. The van der Waals surface area contributed by atoms with Crippen LogP contribution in [0.5, 0.6) is 0 Å². The van der Waals surface area contributed by atoms with Crippen LogP contribution in [0.2, 0.25) is 0 Å². The molecule has 1 rings (SSSR count). The molecule has 0 spiro atoms. The summed E-state index contributed by atoms with van der Waals surface area (Å²) in [4.78, 5) is 14.9. The highest BCUT2D eigenvalue weighted by atomic mass is 32.2. The number of rotatable bonds is 2. The molecule has 1 heterocycles. The summed E-state index contributed by atoms with van der Waals surface area (Å²) in [6.45, 7) is 1.08. The van der Waals surface area contributed by atoms with E-state index >= 15 is 0 Å². The average molecular weight is 222 g/mol. The fourth-order valence-corrected chi connectivity index (χ4v) is 1.03. The standard InChI is InChI=1S/C4H6N2O3S.C2H4O2/c1-9-10(7,8)4-5-2-3-6-4;1-2(3)4/h2-3H,1H3,(H,5,6);1H3,(H,3,4). The number of nitrogens with one attached hydrogen (secondary N) is 1. The summed E-state index contributed by atoms with van der Waals surface area (Å²) >= 11 is 0. The molecule has 80 valence electrons. The van der Waals surface area contributed by atoms with Crippen molar-refractivity contribution in [3.63, 3.8) is 0 Å². The number of hydrogen-bond donors (Lipinski definition) is 2. The van der Waals surface area contributed by atoms with Gasteiger partial charge in [0, 0.05) is 19.3 Å². The SMILES string of the molecule is CC(=O)O.COS(=O)(=O)c1ncc[nH]1. The van der Waals surface area contributed by atoms with Crippen molar-refractivity contribution in [1.82, 2.24) is 9.97 Å². The van der Waals surface area contributed by atoms with E-state index in [1.165, 1.54) is 12.4 Å². The van der Waals surface area contributed by atoms with Gasteiger partial charge in [0.1, 0.15) is 0 Å². The normalized spacial score (nSPS) is 10.1. The van der Waals surface area contributed by atoms with Crippen LogP contribution in [0.15, 0.2) is 17.6 Å².